The van der Waals surface area contributed by atoms with Crippen molar-refractivity contribution in [1.29, 1.82) is 0 Å². The van der Waals surface area contributed by atoms with Crippen molar-refractivity contribution in [2.24, 2.45) is 0 Å². The average molecular weight is 385 g/mol. The molecular formula is C20H21ClN4O2. The van der Waals surface area contributed by atoms with Gasteiger partial charge < -0.3 is 15.7 Å². The first-order valence-corrected chi connectivity index (χ1v) is 9.42. The Morgan fingerprint density at radius 1 is 1.33 bits per heavy atom. The molecule has 0 saturated carbocycles. The number of amides is 1. The minimum atomic E-state index is -0.274. The lowest BCUT2D eigenvalue weighted by atomic mass is 9.88. The van der Waals surface area contributed by atoms with Gasteiger partial charge in [-0.3, -0.25) is 9.20 Å². The summed E-state index contributed by atoms with van der Waals surface area (Å²) >= 11 is 6.14. The van der Waals surface area contributed by atoms with Crippen LogP contribution in [0.5, 0.6) is 0 Å². The van der Waals surface area contributed by atoms with E-state index in [2.05, 4.69) is 15.6 Å². The molecule has 0 atom stereocenters. The molecule has 3 N–H and O–H groups in total. The van der Waals surface area contributed by atoms with Gasteiger partial charge in [-0.2, -0.15) is 0 Å². The molecule has 1 aliphatic heterocycles. The number of piperidine rings is 1. The number of hydrogen-bond acceptors (Lipinski definition) is 4. The van der Waals surface area contributed by atoms with Gasteiger partial charge in [0, 0.05) is 6.20 Å². The maximum absolute atomic E-state index is 12.8. The van der Waals surface area contributed by atoms with Crippen molar-refractivity contribution in [2.45, 2.75) is 25.4 Å². The van der Waals surface area contributed by atoms with Gasteiger partial charge in [-0.25, -0.2) is 4.98 Å². The number of anilines is 1. The predicted octanol–water partition coefficient (Wildman–Crippen LogP) is 3.20. The molecule has 0 bridgehead atoms. The Labute approximate surface area is 162 Å². The Kier molecular flexibility index (Phi) is 5.11. The number of carbonyl (C=O) groups excluding carboxylic acids is 1. The van der Waals surface area contributed by atoms with Gasteiger partial charge in [-0.1, -0.05) is 23.7 Å². The standard InChI is InChI=1S/C20H21ClN4O2/c21-16-3-1-2-4-17(16)24-20(27)18-10-23-19-9-14(12-26)15(11-25(18)19)13-5-7-22-8-6-13/h1-4,9-11,13,22,26H,5-8,12H2,(H,24,27). The number of aliphatic hydroxyl groups is 1. The summed E-state index contributed by atoms with van der Waals surface area (Å²) in [5.41, 5.74) is 3.59. The lowest BCUT2D eigenvalue weighted by Gasteiger charge is -2.25. The molecule has 1 saturated heterocycles. The van der Waals surface area contributed by atoms with Crippen LogP contribution in [0.4, 0.5) is 5.69 Å². The lowest BCUT2D eigenvalue weighted by Crippen LogP contribution is -2.27. The normalized spacial score (nSPS) is 15.2. The Morgan fingerprint density at radius 3 is 2.85 bits per heavy atom. The molecule has 1 aliphatic rings. The third kappa shape index (κ3) is 3.56. The highest BCUT2D eigenvalue weighted by molar-refractivity contribution is 6.33. The van der Waals surface area contributed by atoms with Crippen molar-refractivity contribution >= 4 is 28.8 Å². The second-order valence-corrected chi connectivity index (χ2v) is 7.15. The van der Waals surface area contributed by atoms with E-state index in [1.807, 2.05) is 24.4 Å². The first-order valence-electron chi connectivity index (χ1n) is 9.04. The van der Waals surface area contributed by atoms with Crippen LogP contribution in [0.2, 0.25) is 5.02 Å². The van der Waals surface area contributed by atoms with Crippen molar-refractivity contribution in [3.8, 4) is 0 Å². The van der Waals surface area contributed by atoms with Crippen LogP contribution in [0.15, 0.2) is 42.7 Å². The van der Waals surface area contributed by atoms with Gasteiger partial charge in [0.25, 0.3) is 5.91 Å². The van der Waals surface area contributed by atoms with Gasteiger partial charge in [0.05, 0.1) is 23.5 Å². The quantitative estimate of drug-likeness (QED) is 0.645. The first kappa shape index (κ1) is 18.0. The molecular weight excluding hydrogens is 364 g/mol. The fourth-order valence-electron chi connectivity index (χ4n) is 3.63. The molecule has 140 valence electrons. The zero-order chi connectivity index (χ0) is 18.8. The molecule has 0 unspecified atom stereocenters. The second-order valence-electron chi connectivity index (χ2n) is 6.74. The van der Waals surface area contributed by atoms with Crippen molar-refractivity contribution in [3.63, 3.8) is 0 Å². The van der Waals surface area contributed by atoms with Crippen LogP contribution < -0.4 is 10.6 Å². The molecule has 1 aromatic carbocycles. The zero-order valence-electron chi connectivity index (χ0n) is 14.8. The number of pyridine rings is 1. The minimum absolute atomic E-state index is 0.0379. The van der Waals surface area contributed by atoms with Crippen molar-refractivity contribution < 1.29 is 9.90 Å². The summed E-state index contributed by atoms with van der Waals surface area (Å²) in [5.74, 6) is 0.0864. The highest BCUT2D eigenvalue weighted by Gasteiger charge is 2.21. The number of fused-ring (bicyclic) bond motifs is 1. The number of aliphatic hydroxyl groups excluding tert-OH is 1. The van der Waals surface area contributed by atoms with Gasteiger partial charge >= 0.3 is 0 Å². The average Bonchev–Trinajstić information content (AvgIpc) is 3.12. The highest BCUT2D eigenvalue weighted by Crippen LogP contribution is 2.29. The minimum Gasteiger partial charge on any atom is -0.392 e. The molecule has 1 fully saturated rings. The number of carbonyl (C=O) groups is 1. The maximum Gasteiger partial charge on any atom is 0.274 e. The van der Waals surface area contributed by atoms with E-state index in [4.69, 9.17) is 11.6 Å². The number of nitrogens with zero attached hydrogens (tertiary/aromatic N) is 2. The lowest BCUT2D eigenvalue weighted by molar-refractivity contribution is 0.102. The Morgan fingerprint density at radius 2 is 2.11 bits per heavy atom. The zero-order valence-corrected chi connectivity index (χ0v) is 15.5. The van der Waals surface area contributed by atoms with Gasteiger partial charge in [0.1, 0.15) is 11.3 Å². The highest BCUT2D eigenvalue weighted by atomic mass is 35.5. The number of para-hydroxylation sites is 1. The summed E-state index contributed by atoms with van der Waals surface area (Å²) in [4.78, 5) is 17.1. The van der Waals surface area contributed by atoms with Crippen molar-refractivity contribution in [1.82, 2.24) is 14.7 Å². The third-order valence-corrected chi connectivity index (χ3v) is 5.40. The molecule has 3 heterocycles. The Balaban J connectivity index is 1.71. The molecule has 0 spiro atoms. The molecule has 1 amide bonds. The number of benzene rings is 1. The van der Waals surface area contributed by atoms with Gasteiger partial charge in [0.15, 0.2) is 0 Å². The Hall–Kier alpha value is -2.41. The maximum atomic E-state index is 12.8. The predicted molar refractivity (Wildman–Crippen MR) is 105 cm³/mol. The summed E-state index contributed by atoms with van der Waals surface area (Å²) in [6, 6.07) is 8.98. The van der Waals surface area contributed by atoms with E-state index >= 15 is 0 Å². The SMILES string of the molecule is O=C(Nc1ccccc1Cl)c1cnc2cc(CO)c(C3CCNCC3)cn12. The summed E-state index contributed by atoms with van der Waals surface area (Å²) in [5, 5.41) is 16.5. The molecule has 6 nitrogen and oxygen atoms in total. The topological polar surface area (TPSA) is 78.7 Å². The van der Waals surface area contributed by atoms with E-state index < -0.39 is 0 Å². The van der Waals surface area contributed by atoms with E-state index in [1.165, 1.54) is 0 Å². The van der Waals surface area contributed by atoms with Crippen LogP contribution in [0, 0.1) is 0 Å². The third-order valence-electron chi connectivity index (χ3n) is 5.07. The van der Waals surface area contributed by atoms with Crippen molar-refractivity contribution in [3.05, 3.63) is 64.6 Å². The number of aromatic nitrogens is 2. The van der Waals surface area contributed by atoms with Crippen LogP contribution in [0.25, 0.3) is 5.65 Å². The number of rotatable bonds is 4. The van der Waals surface area contributed by atoms with Crippen molar-refractivity contribution in [2.75, 3.05) is 18.4 Å². The van der Waals surface area contributed by atoms with Gasteiger partial charge in [-0.05, 0) is 61.2 Å². The fourth-order valence-corrected chi connectivity index (χ4v) is 3.82. The van der Waals surface area contributed by atoms with E-state index in [-0.39, 0.29) is 12.5 Å². The molecule has 4 rings (SSSR count). The summed E-state index contributed by atoms with van der Waals surface area (Å²) in [6.07, 6.45) is 5.52. The Bertz CT molecular complexity index is 979. The van der Waals surface area contributed by atoms with E-state index in [9.17, 15) is 9.90 Å². The second kappa shape index (κ2) is 7.68. The number of hydrogen-bond donors (Lipinski definition) is 3. The number of halogens is 1. The van der Waals surface area contributed by atoms with Crippen LogP contribution in [0.3, 0.4) is 0 Å². The molecule has 0 aliphatic carbocycles. The van der Waals surface area contributed by atoms with E-state index in [1.54, 1.807) is 22.7 Å². The van der Waals surface area contributed by atoms with Gasteiger partial charge in [-0.15, -0.1) is 0 Å². The van der Waals surface area contributed by atoms with Gasteiger partial charge in [0.2, 0.25) is 0 Å². The number of imidazole rings is 1. The fraction of sp³-hybridized carbons (Fsp3) is 0.300. The summed E-state index contributed by atoms with van der Waals surface area (Å²) < 4.78 is 1.79. The van der Waals surface area contributed by atoms with Crippen LogP contribution >= 0.6 is 11.6 Å². The summed E-state index contributed by atoms with van der Waals surface area (Å²) in [6.45, 7) is 1.87. The molecule has 27 heavy (non-hydrogen) atoms. The first-order chi connectivity index (χ1) is 13.2. The molecule has 2 aromatic heterocycles. The smallest absolute Gasteiger partial charge is 0.274 e. The number of nitrogens with one attached hydrogen (secondary N) is 2. The van der Waals surface area contributed by atoms with Crippen LogP contribution in [-0.2, 0) is 6.61 Å². The monoisotopic (exact) mass is 384 g/mol. The van der Waals surface area contributed by atoms with Crippen LogP contribution in [-0.4, -0.2) is 33.5 Å². The van der Waals surface area contributed by atoms with E-state index in [0.29, 0.717) is 28.0 Å². The van der Waals surface area contributed by atoms with E-state index in [0.717, 1.165) is 37.1 Å². The largest absolute Gasteiger partial charge is 0.392 e. The molecule has 0 radical (unpaired) electrons. The molecule has 3 aromatic rings. The summed E-state index contributed by atoms with van der Waals surface area (Å²) in [7, 11) is 0. The van der Waals surface area contributed by atoms with Crippen LogP contribution in [0.1, 0.15) is 40.4 Å². The molecule has 7 heteroatoms.